The van der Waals surface area contributed by atoms with E-state index in [0.29, 0.717) is 6.54 Å². The molecule has 0 fully saturated rings. The molecule has 1 aromatic rings. The Bertz CT molecular complexity index is 274. The first-order chi connectivity index (χ1) is 6.74. The van der Waals surface area contributed by atoms with Gasteiger partial charge in [0.25, 0.3) is 0 Å². The Morgan fingerprint density at radius 3 is 2.71 bits per heavy atom. The van der Waals surface area contributed by atoms with Gasteiger partial charge in [-0.1, -0.05) is 12.1 Å². The Labute approximate surface area is 84.7 Å². The molecule has 0 spiro atoms. The van der Waals surface area contributed by atoms with Crippen LogP contribution in [-0.2, 0) is 0 Å². The summed E-state index contributed by atoms with van der Waals surface area (Å²) < 4.78 is 5.60. The molecule has 78 valence electrons. The molecule has 0 aromatic heterocycles. The van der Waals surface area contributed by atoms with E-state index in [-0.39, 0.29) is 12.7 Å². The van der Waals surface area contributed by atoms with E-state index < -0.39 is 0 Å². The largest absolute Gasteiger partial charge is 0.489 e. The maximum absolute atomic E-state index is 8.70. The molecule has 0 aliphatic heterocycles. The van der Waals surface area contributed by atoms with Gasteiger partial charge < -0.3 is 15.2 Å². The van der Waals surface area contributed by atoms with E-state index in [9.17, 15) is 0 Å². The Hall–Kier alpha value is -1.22. The minimum Gasteiger partial charge on any atom is -0.489 e. The van der Waals surface area contributed by atoms with Gasteiger partial charge in [-0.3, -0.25) is 0 Å². The van der Waals surface area contributed by atoms with E-state index in [0.717, 1.165) is 11.4 Å². The number of aliphatic hydroxyl groups is 1. The number of aliphatic hydroxyl groups excluding tert-OH is 1. The first-order valence-electron chi connectivity index (χ1n) is 4.84. The zero-order chi connectivity index (χ0) is 10.4. The average molecular weight is 195 g/mol. The first-order valence-corrected chi connectivity index (χ1v) is 4.84. The van der Waals surface area contributed by atoms with Crippen LogP contribution in [0.25, 0.3) is 0 Å². The minimum atomic E-state index is 0.121. The van der Waals surface area contributed by atoms with Crippen LogP contribution in [-0.4, -0.2) is 24.4 Å². The molecular formula is C11H17NO2. The number of rotatable bonds is 5. The highest BCUT2D eigenvalue weighted by Gasteiger charge is 2.03. The molecule has 0 amide bonds. The summed E-state index contributed by atoms with van der Waals surface area (Å²) >= 11 is 0. The van der Waals surface area contributed by atoms with E-state index >= 15 is 0 Å². The van der Waals surface area contributed by atoms with Gasteiger partial charge in [0.2, 0.25) is 0 Å². The highest BCUT2D eigenvalue weighted by atomic mass is 16.5. The number of benzene rings is 1. The molecule has 0 saturated carbocycles. The predicted octanol–water partition coefficient (Wildman–Crippen LogP) is 1.88. The Morgan fingerprint density at radius 2 is 2.07 bits per heavy atom. The molecule has 0 unspecified atom stereocenters. The lowest BCUT2D eigenvalue weighted by molar-refractivity contribution is 0.243. The van der Waals surface area contributed by atoms with Crippen molar-refractivity contribution in [1.82, 2.24) is 0 Å². The zero-order valence-corrected chi connectivity index (χ0v) is 8.66. The number of anilines is 1. The summed E-state index contributed by atoms with van der Waals surface area (Å²) in [6.45, 7) is 4.64. The Balaban J connectivity index is 2.69. The highest BCUT2D eigenvalue weighted by molar-refractivity contribution is 5.56. The van der Waals surface area contributed by atoms with Gasteiger partial charge in [-0.2, -0.15) is 0 Å². The molecule has 0 bridgehead atoms. The molecule has 3 heteroatoms. The van der Waals surface area contributed by atoms with Gasteiger partial charge in [-0.05, 0) is 26.0 Å². The fourth-order valence-electron chi connectivity index (χ4n) is 1.16. The zero-order valence-electron chi connectivity index (χ0n) is 8.66. The Kier molecular flexibility index (Phi) is 4.26. The maximum atomic E-state index is 8.70. The normalized spacial score (nSPS) is 10.3. The predicted molar refractivity (Wildman–Crippen MR) is 57.8 cm³/mol. The third kappa shape index (κ3) is 3.26. The molecular weight excluding hydrogens is 178 g/mol. The van der Waals surface area contributed by atoms with Crippen LogP contribution in [0.15, 0.2) is 24.3 Å². The van der Waals surface area contributed by atoms with Crippen LogP contribution in [0.4, 0.5) is 5.69 Å². The van der Waals surface area contributed by atoms with Gasteiger partial charge in [0.05, 0.1) is 18.4 Å². The lowest BCUT2D eigenvalue weighted by Crippen LogP contribution is -2.10. The maximum Gasteiger partial charge on any atom is 0.142 e. The first kappa shape index (κ1) is 10.9. The average Bonchev–Trinajstić information content (AvgIpc) is 2.16. The van der Waals surface area contributed by atoms with Crippen molar-refractivity contribution < 1.29 is 9.84 Å². The molecule has 0 atom stereocenters. The summed E-state index contributed by atoms with van der Waals surface area (Å²) in [5, 5.41) is 11.8. The number of hydrogen-bond donors (Lipinski definition) is 2. The SMILES string of the molecule is CC(C)Oc1ccccc1NCCO. The number of ether oxygens (including phenoxy) is 1. The smallest absolute Gasteiger partial charge is 0.142 e. The fourth-order valence-corrected chi connectivity index (χ4v) is 1.16. The van der Waals surface area contributed by atoms with Gasteiger partial charge >= 0.3 is 0 Å². The van der Waals surface area contributed by atoms with Gasteiger partial charge in [0.1, 0.15) is 5.75 Å². The van der Waals surface area contributed by atoms with Crippen LogP contribution in [0.3, 0.4) is 0 Å². The van der Waals surface area contributed by atoms with Crippen LogP contribution in [0.5, 0.6) is 5.75 Å². The third-order valence-corrected chi connectivity index (χ3v) is 1.68. The fraction of sp³-hybridized carbons (Fsp3) is 0.455. The van der Waals surface area contributed by atoms with Crippen LogP contribution in [0, 0.1) is 0 Å². The summed E-state index contributed by atoms with van der Waals surface area (Å²) in [5.41, 5.74) is 0.926. The third-order valence-electron chi connectivity index (χ3n) is 1.68. The second-order valence-electron chi connectivity index (χ2n) is 3.31. The van der Waals surface area contributed by atoms with Crippen LogP contribution in [0.1, 0.15) is 13.8 Å². The van der Waals surface area contributed by atoms with E-state index in [2.05, 4.69) is 5.32 Å². The van der Waals surface area contributed by atoms with Crippen molar-refractivity contribution in [2.45, 2.75) is 20.0 Å². The number of nitrogens with one attached hydrogen (secondary N) is 1. The van der Waals surface area contributed by atoms with Crippen molar-refractivity contribution in [2.24, 2.45) is 0 Å². The minimum absolute atomic E-state index is 0.121. The molecule has 1 rings (SSSR count). The molecule has 0 saturated heterocycles. The van der Waals surface area contributed by atoms with Crippen molar-refractivity contribution in [3.05, 3.63) is 24.3 Å². The number of hydrogen-bond acceptors (Lipinski definition) is 3. The van der Waals surface area contributed by atoms with Crippen molar-refractivity contribution in [3.63, 3.8) is 0 Å². The topological polar surface area (TPSA) is 41.5 Å². The quantitative estimate of drug-likeness (QED) is 0.753. The standard InChI is InChI=1S/C11H17NO2/c1-9(2)14-11-6-4-3-5-10(11)12-7-8-13/h3-6,9,12-13H,7-8H2,1-2H3. The second-order valence-corrected chi connectivity index (χ2v) is 3.31. The summed E-state index contributed by atoms with van der Waals surface area (Å²) in [7, 11) is 0. The van der Waals surface area contributed by atoms with Crippen LogP contribution < -0.4 is 10.1 Å². The van der Waals surface area contributed by atoms with Gasteiger partial charge in [-0.15, -0.1) is 0 Å². The molecule has 0 aliphatic rings. The van der Waals surface area contributed by atoms with E-state index in [1.807, 2.05) is 38.1 Å². The molecule has 1 aromatic carbocycles. The Morgan fingerprint density at radius 1 is 1.36 bits per heavy atom. The van der Waals surface area contributed by atoms with E-state index in [1.165, 1.54) is 0 Å². The molecule has 14 heavy (non-hydrogen) atoms. The van der Waals surface area contributed by atoms with Gasteiger partial charge in [0, 0.05) is 6.54 Å². The van der Waals surface area contributed by atoms with Gasteiger partial charge in [-0.25, -0.2) is 0 Å². The molecule has 2 N–H and O–H groups in total. The monoisotopic (exact) mass is 195 g/mol. The van der Waals surface area contributed by atoms with Crippen LogP contribution >= 0.6 is 0 Å². The number of para-hydroxylation sites is 2. The molecule has 3 nitrogen and oxygen atoms in total. The summed E-state index contributed by atoms with van der Waals surface area (Å²) in [5.74, 6) is 0.830. The van der Waals surface area contributed by atoms with E-state index in [4.69, 9.17) is 9.84 Å². The van der Waals surface area contributed by atoms with Crippen molar-refractivity contribution in [3.8, 4) is 5.75 Å². The van der Waals surface area contributed by atoms with Crippen LogP contribution in [0.2, 0.25) is 0 Å². The molecule has 0 heterocycles. The van der Waals surface area contributed by atoms with E-state index in [1.54, 1.807) is 0 Å². The van der Waals surface area contributed by atoms with Crippen molar-refractivity contribution in [2.75, 3.05) is 18.5 Å². The summed E-state index contributed by atoms with van der Waals surface area (Å²) in [4.78, 5) is 0. The highest BCUT2D eigenvalue weighted by Crippen LogP contribution is 2.24. The lowest BCUT2D eigenvalue weighted by atomic mass is 10.3. The van der Waals surface area contributed by atoms with Crippen molar-refractivity contribution in [1.29, 1.82) is 0 Å². The summed E-state index contributed by atoms with van der Waals surface area (Å²) in [6.07, 6.45) is 0.159. The molecule has 0 radical (unpaired) electrons. The van der Waals surface area contributed by atoms with Crippen molar-refractivity contribution >= 4 is 5.69 Å². The second kappa shape index (κ2) is 5.50. The lowest BCUT2D eigenvalue weighted by Gasteiger charge is -2.14. The van der Waals surface area contributed by atoms with Gasteiger partial charge in [0.15, 0.2) is 0 Å². The summed E-state index contributed by atoms with van der Waals surface area (Å²) in [6, 6.07) is 7.72. The molecule has 0 aliphatic carbocycles.